The third-order valence-corrected chi connectivity index (χ3v) is 3.88. The molecule has 1 atom stereocenters. The van der Waals surface area contributed by atoms with Crippen molar-refractivity contribution in [2.24, 2.45) is 5.73 Å². The molecule has 1 aliphatic heterocycles. The number of ether oxygens (including phenoxy) is 2. The third kappa shape index (κ3) is 2.49. The molecular formula is C17H19NO2. The van der Waals surface area contributed by atoms with Crippen molar-refractivity contribution in [3.8, 4) is 11.5 Å². The van der Waals surface area contributed by atoms with Crippen molar-refractivity contribution in [3.63, 3.8) is 0 Å². The van der Waals surface area contributed by atoms with Crippen LogP contribution in [0.4, 0.5) is 0 Å². The first kappa shape index (κ1) is 13.0. The van der Waals surface area contributed by atoms with Gasteiger partial charge in [0.15, 0.2) is 11.5 Å². The number of benzene rings is 2. The molecule has 3 heteroatoms. The summed E-state index contributed by atoms with van der Waals surface area (Å²) < 4.78 is 10.8. The van der Waals surface area contributed by atoms with Crippen LogP contribution in [0.3, 0.4) is 0 Å². The van der Waals surface area contributed by atoms with Crippen molar-refractivity contribution in [3.05, 3.63) is 59.2 Å². The summed E-state index contributed by atoms with van der Waals surface area (Å²) in [5, 5.41) is 0. The SMILES string of the molecule is Cc1ccccc1CC(CN)c1ccc2c(c1)OCO2. The van der Waals surface area contributed by atoms with Crippen LogP contribution in [0.25, 0.3) is 0 Å². The zero-order valence-electron chi connectivity index (χ0n) is 11.6. The Kier molecular flexibility index (Phi) is 3.61. The van der Waals surface area contributed by atoms with Gasteiger partial charge in [-0.2, -0.15) is 0 Å². The molecule has 0 saturated heterocycles. The second-order valence-electron chi connectivity index (χ2n) is 5.18. The molecule has 3 rings (SSSR count). The van der Waals surface area contributed by atoms with Crippen molar-refractivity contribution >= 4 is 0 Å². The van der Waals surface area contributed by atoms with Gasteiger partial charge in [-0.15, -0.1) is 0 Å². The molecule has 0 saturated carbocycles. The summed E-state index contributed by atoms with van der Waals surface area (Å²) in [4.78, 5) is 0. The highest BCUT2D eigenvalue weighted by Crippen LogP contribution is 2.35. The molecule has 2 aromatic rings. The molecular weight excluding hydrogens is 250 g/mol. The lowest BCUT2D eigenvalue weighted by Crippen LogP contribution is -2.15. The molecule has 0 aromatic heterocycles. The first-order valence-corrected chi connectivity index (χ1v) is 6.92. The van der Waals surface area contributed by atoms with Gasteiger partial charge in [0.2, 0.25) is 6.79 Å². The number of aryl methyl sites for hydroxylation is 1. The fraction of sp³-hybridized carbons (Fsp3) is 0.294. The predicted octanol–water partition coefficient (Wildman–Crippen LogP) is 3.01. The molecule has 0 bridgehead atoms. The minimum absolute atomic E-state index is 0.297. The summed E-state index contributed by atoms with van der Waals surface area (Å²) in [6.45, 7) is 3.07. The third-order valence-electron chi connectivity index (χ3n) is 3.88. The van der Waals surface area contributed by atoms with E-state index in [1.807, 2.05) is 6.07 Å². The standard InChI is InChI=1S/C17H19NO2/c1-12-4-2-3-5-13(12)8-15(10-18)14-6-7-16-17(9-14)20-11-19-16/h2-7,9,15H,8,10-11,18H2,1H3. The van der Waals surface area contributed by atoms with Gasteiger partial charge >= 0.3 is 0 Å². The van der Waals surface area contributed by atoms with Crippen LogP contribution in [-0.4, -0.2) is 13.3 Å². The summed E-state index contributed by atoms with van der Waals surface area (Å²) in [5.41, 5.74) is 9.84. The Labute approximate surface area is 119 Å². The van der Waals surface area contributed by atoms with Crippen LogP contribution < -0.4 is 15.2 Å². The largest absolute Gasteiger partial charge is 0.454 e. The lowest BCUT2D eigenvalue weighted by Gasteiger charge is -2.17. The van der Waals surface area contributed by atoms with Crippen LogP contribution in [0.5, 0.6) is 11.5 Å². The molecule has 3 nitrogen and oxygen atoms in total. The van der Waals surface area contributed by atoms with Crippen LogP contribution in [0.15, 0.2) is 42.5 Å². The van der Waals surface area contributed by atoms with E-state index in [-0.39, 0.29) is 0 Å². The molecule has 2 N–H and O–H groups in total. The summed E-state index contributed by atoms with van der Waals surface area (Å²) in [7, 11) is 0. The highest BCUT2D eigenvalue weighted by Gasteiger charge is 2.18. The maximum Gasteiger partial charge on any atom is 0.231 e. The summed E-state index contributed by atoms with van der Waals surface area (Å²) in [6, 6.07) is 14.6. The van der Waals surface area contributed by atoms with Gasteiger partial charge in [0, 0.05) is 5.92 Å². The summed E-state index contributed by atoms with van der Waals surface area (Å²) >= 11 is 0. The van der Waals surface area contributed by atoms with Crippen LogP contribution in [0.2, 0.25) is 0 Å². The Hall–Kier alpha value is -2.00. The first-order valence-electron chi connectivity index (χ1n) is 6.92. The van der Waals surface area contributed by atoms with Crippen LogP contribution in [0.1, 0.15) is 22.6 Å². The number of rotatable bonds is 4. The quantitative estimate of drug-likeness (QED) is 0.928. The van der Waals surface area contributed by atoms with Gasteiger partial charge in [-0.25, -0.2) is 0 Å². The van der Waals surface area contributed by atoms with Gasteiger partial charge in [-0.3, -0.25) is 0 Å². The molecule has 2 aromatic carbocycles. The number of hydrogen-bond acceptors (Lipinski definition) is 3. The Morgan fingerprint density at radius 3 is 2.70 bits per heavy atom. The molecule has 0 spiro atoms. The van der Waals surface area contributed by atoms with E-state index in [1.54, 1.807) is 0 Å². The minimum Gasteiger partial charge on any atom is -0.454 e. The fourth-order valence-electron chi connectivity index (χ4n) is 2.61. The van der Waals surface area contributed by atoms with E-state index in [0.717, 1.165) is 17.9 Å². The second-order valence-corrected chi connectivity index (χ2v) is 5.18. The summed E-state index contributed by atoms with van der Waals surface area (Å²) in [6.07, 6.45) is 0.947. The topological polar surface area (TPSA) is 44.5 Å². The van der Waals surface area contributed by atoms with Crippen molar-refractivity contribution in [2.45, 2.75) is 19.3 Å². The Balaban J connectivity index is 1.85. The Morgan fingerprint density at radius 2 is 1.90 bits per heavy atom. The van der Waals surface area contributed by atoms with Crippen LogP contribution in [0, 0.1) is 6.92 Å². The van der Waals surface area contributed by atoms with Gasteiger partial charge in [0.05, 0.1) is 0 Å². The van der Waals surface area contributed by atoms with Gasteiger partial charge < -0.3 is 15.2 Å². The van der Waals surface area contributed by atoms with Crippen molar-refractivity contribution in [1.82, 2.24) is 0 Å². The number of fused-ring (bicyclic) bond motifs is 1. The zero-order valence-corrected chi connectivity index (χ0v) is 11.6. The molecule has 1 heterocycles. The zero-order chi connectivity index (χ0) is 13.9. The second kappa shape index (κ2) is 5.55. The van der Waals surface area contributed by atoms with E-state index < -0.39 is 0 Å². The lowest BCUT2D eigenvalue weighted by molar-refractivity contribution is 0.174. The molecule has 0 aliphatic carbocycles. The summed E-state index contributed by atoms with van der Waals surface area (Å²) in [5.74, 6) is 1.94. The molecule has 0 fully saturated rings. The van der Waals surface area contributed by atoms with Gasteiger partial charge in [0.25, 0.3) is 0 Å². The van der Waals surface area contributed by atoms with Crippen molar-refractivity contribution in [2.75, 3.05) is 13.3 Å². The van der Waals surface area contributed by atoms with Crippen molar-refractivity contribution in [1.29, 1.82) is 0 Å². The molecule has 1 unspecified atom stereocenters. The lowest BCUT2D eigenvalue weighted by atomic mass is 9.90. The minimum atomic E-state index is 0.297. The van der Waals surface area contributed by atoms with E-state index in [2.05, 4.69) is 43.3 Å². The van der Waals surface area contributed by atoms with Gasteiger partial charge in [0.1, 0.15) is 0 Å². The molecule has 0 amide bonds. The van der Waals surface area contributed by atoms with Gasteiger partial charge in [-0.05, 0) is 48.7 Å². The highest BCUT2D eigenvalue weighted by atomic mass is 16.7. The molecule has 104 valence electrons. The van der Waals surface area contributed by atoms with Gasteiger partial charge in [-0.1, -0.05) is 30.3 Å². The molecule has 0 radical (unpaired) electrons. The van der Waals surface area contributed by atoms with E-state index in [9.17, 15) is 0 Å². The van der Waals surface area contributed by atoms with Crippen LogP contribution >= 0.6 is 0 Å². The number of nitrogens with two attached hydrogens (primary N) is 1. The fourth-order valence-corrected chi connectivity index (χ4v) is 2.61. The van der Waals surface area contributed by atoms with E-state index >= 15 is 0 Å². The smallest absolute Gasteiger partial charge is 0.231 e. The van der Waals surface area contributed by atoms with E-state index in [0.29, 0.717) is 19.3 Å². The monoisotopic (exact) mass is 269 g/mol. The van der Waals surface area contributed by atoms with E-state index in [1.165, 1.54) is 16.7 Å². The maximum absolute atomic E-state index is 5.98. The average molecular weight is 269 g/mol. The average Bonchev–Trinajstić information content (AvgIpc) is 2.94. The Morgan fingerprint density at radius 1 is 1.10 bits per heavy atom. The van der Waals surface area contributed by atoms with Crippen LogP contribution in [-0.2, 0) is 6.42 Å². The Bertz CT molecular complexity index is 610. The van der Waals surface area contributed by atoms with E-state index in [4.69, 9.17) is 15.2 Å². The molecule has 1 aliphatic rings. The molecule has 20 heavy (non-hydrogen) atoms. The normalized spacial score (nSPS) is 14.3. The number of hydrogen-bond donors (Lipinski definition) is 1. The van der Waals surface area contributed by atoms with Crippen molar-refractivity contribution < 1.29 is 9.47 Å². The first-order chi connectivity index (χ1) is 9.78. The maximum atomic E-state index is 5.98. The predicted molar refractivity (Wildman–Crippen MR) is 79.2 cm³/mol. The highest BCUT2D eigenvalue weighted by molar-refractivity contribution is 5.46.